The lowest BCUT2D eigenvalue weighted by Gasteiger charge is -2.24. The van der Waals surface area contributed by atoms with Crippen molar-refractivity contribution >= 4 is 16.0 Å². The maximum atomic E-state index is 11.4. The van der Waals surface area contributed by atoms with E-state index in [1.807, 2.05) is 32.9 Å². The van der Waals surface area contributed by atoms with Crippen LogP contribution in [0.3, 0.4) is 0 Å². The smallest absolute Gasteiger partial charge is 0.209 e. The molecule has 0 amide bonds. The molecule has 132 valence electrons. The number of guanidine groups is 1. The number of nitrogens with zero attached hydrogens (tertiary/aromatic N) is 1. The highest BCUT2D eigenvalue weighted by Gasteiger charge is 2.22. The van der Waals surface area contributed by atoms with Crippen molar-refractivity contribution in [2.45, 2.75) is 46.2 Å². The first-order valence-corrected chi connectivity index (χ1v) is 9.51. The summed E-state index contributed by atoms with van der Waals surface area (Å²) >= 11 is 0. The van der Waals surface area contributed by atoms with Crippen LogP contribution >= 0.6 is 0 Å². The van der Waals surface area contributed by atoms with Crippen LogP contribution in [0.4, 0.5) is 0 Å². The Balaban J connectivity index is 2.76. The van der Waals surface area contributed by atoms with Crippen LogP contribution in [0.2, 0.25) is 0 Å². The van der Waals surface area contributed by atoms with E-state index in [2.05, 4.69) is 20.3 Å². The number of furan rings is 1. The molecular formula is C15H28N4O3S. The number of aryl methyl sites for hydroxylation is 1. The van der Waals surface area contributed by atoms with Crippen molar-refractivity contribution in [2.24, 2.45) is 4.99 Å². The van der Waals surface area contributed by atoms with Crippen LogP contribution in [0.1, 0.15) is 45.3 Å². The van der Waals surface area contributed by atoms with Gasteiger partial charge in [-0.1, -0.05) is 0 Å². The molecule has 0 aromatic carbocycles. The van der Waals surface area contributed by atoms with Crippen LogP contribution in [-0.2, 0) is 10.0 Å². The average Bonchev–Trinajstić information content (AvgIpc) is 2.80. The Kier molecular flexibility index (Phi) is 6.64. The van der Waals surface area contributed by atoms with E-state index in [1.165, 1.54) is 0 Å². The Labute approximate surface area is 139 Å². The molecule has 0 bridgehead atoms. The molecule has 1 rings (SSSR count). The largest absolute Gasteiger partial charge is 0.464 e. The average molecular weight is 344 g/mol. The molecular weight excluding hydrogens is 316 g/mol. The lowest BCUT2D eigenvalue weighted by Crippen LogP contribution is -2.47. The summed E-state index contributed by atoms with van der Waals surface area (Å²) in [6.45, 7) is 10.4. The number of hydrogen-bond acceptors (Lipinski definition) is 4. The fourth-order valence-electron chi connectivity index (χ4n) is 2.09. The monoisotopic (exact) mass is 344 g/mol. The zero-order chi connectivity index (χ0) is 17.7. The van der Waals surface area contributed by atoms with Crippen molar-refractivity contribution in [3.8, 4) is 0 Å². The molecule has 0 spiro atoms. The second kappa shape index (κ2) is 7.83. The Morgan fingerprint density at radius 2 is 2.04 bits per heavy atom. The molecule has 0 saturated carbocycles. The van der Waals surface area contributed by atoms with Crippen LogP contribution in [-0.4, -0.2) is 39.3 Å². The standard InChI is InChI=1S/C15H28N4O3S/c1-7-16-14(17-10-15(4,5)19-23(6,20)21)18-12(3)13-9-8-11(2)22-13/h8-9,12,19H,7,10H2,1-6H3,(H2,16,17,18). The minimum atomic E-state index is -3.28. The summed E-state index contributed by atoms with van der Waals surface area (Å²) in [5.41, 5.74) is -0.666. The number of hydrogen-bond donors (Lipinski definition) is 3. The first kappa shape index (κ1) is 19.5. The molecule has 0 saturated heterocycles. The summed E-state index contributed by atoms with van der Waals surface area (Å²) in [5.74, 6) is 2.29. The van der Waals surface area contributed by atoms with Crippen molar-refractivity contribution in [3.63, 3.8) is 0 Å². The van der Waals surface area contributed by atoms with Gasteiger partial charge in [-0.3, -0.25) is 4.99 Å². The van der Waals surface area contributed by atoms with E-state index in [4.69, 9.17) is 4.42 Å². The third-order valence-electron chi connectivity index (χ3n) is 2.98. The molecule has 0 fully saturated rings. The van der Waals surface area contributed by atoms with E-state index in [0.29, 0.717) is 19.0 Å². The van der Waals surface area contributed by atoms with Crippen LogP contribution in [0, 0.1) is 6.92 Å². The second-order valence-electron chi connectivity index (χ2n) is 6.27. The fraction of sp³-hybridized carbons (Fsp3) is 0.667. The summed E-state index contributed by atoms with van der Waals surface area (Å²) in [6, 6.07) is 3.79. The van der Waals surface area contributed by atoms with Gasteiger partial charge in [-0.15, -0.1) is 0 Å². The summed E-state index contributed by atoms with van der Waals surface area (Å²) in [4.78, 5) is 4.47. The van der Waals surface area contributed by atoms with Gasteiger partial charge in [0.1, 0.15) is 11.5 Å². The molecule has 3 N–H and O–H groups in total. The third-order valence-corrected chi connectivity index (χ3v) is 3.90. The van der Waals surface area contributed by atoms with E-state index in [1.54, 1.807) is 13.8 Å². The van der Waals surface area contributed by atoms with Crippen LogP contribution in [0.15, 0.2) is 21.5 Å². The maximum absolute atomic E-state index is 11.4. The molecule has 1 aromatic heterocycles. The minimum Gasteiger partial charge on any atom is -0.464 e. The molecule has 1 unspecified atom stereocenters. The molecule has 1 aromatic rings. The second-order valence-corrected chi connectivity index (χ2v) is 8.02. The fourth-order valence-corrected chi connectivity index (χ4v) is 3.16. The number of aliphatic imine (C=N–C) groups is 1. The quantitative estimate of drug-likeness (QED) is 0.515. The SMILES string of the molecule is CCNC(=NCC(C)(C)NS(C)(=O)=O)NC(C)c1ccc(C)o1. The van der Waals surface area contributed by atoms with E-state index in [0.717, 1.165) is 17.8 Å². The lowest BCUT2D eigenvalue weighted by molar-refractivity contribution is 0.439. The Morgan fingerprint density at radius 3 is 2.52 bits per heavy atom. The molecule has 0 radical (unpaired) electrons. The van der Waals surface area contributed by atoms with Crippen molar-refractivity contribution < 1.29 is 12.8 Å². The number of nitrogens with one attached hydrogen (secondary N) is 3. The predicted molar refractivity (Wildman–Crippen MR) is 93.0 cm³/mol. The van der Waals surface area contributed by atoms with Crippen molar-refractivity contribution in [1.82, 2.24) is 15.4 Å². The van der Waals surface area contributed by atoms with Crippen molar-refractivity contribution in [2.75, 3.05) is 19.3 Å². The maximum Gasteiger partial charge on any atom is 0.209 e. The summed E-state index contributed by atoms with van der Waals surface area (Å²) in [6.07, 6.45) is 1.14. The highest BCUT2D eigenvalue weighted by Crippen LogP contribution is 2.15. The third kappa shape index (κ3) is 7.51. The van der Waals surface area contributed by atoms with E-state index >= 15 is 0 Å². The van der Waals surface area contributed by atoms with Gasteiger partial charge in [-0.05, 0) is 46.8 Å². The van der Waals surface area contributed by atoms with Gasteiger partial charge in [0, 0.05) is 12.1 Å². The Morgan fingerprint density at radius 1 is 1.39 bits per heavy atom. The zero-order valence-corrected chi connectivity index (χ0v) is 15.5. The van der Waals surface area contributed by atoms with E-state index < -0.39 is 15.6 Å². The molecule has 1 heterocycles. The lowest BCUT2D eigenvalue weighted by atomic mass is 10.1. The molecule has 8 heteroatoms. The minimum absolute atomic E-state index is 0.0486. The van der Waals surface area contributed by atoms with Gasteiger partial charge < -0.3 is 15.1 Å². The van der Waals surface area contributed by atoms with Crippen molar-refractivity contribution in [3.05, 3.63) is 23.7 Å². The van der Waals surface area contributed by atoms with Gasteiger partial charge in [-0.2, -0.15) is 0 Å². The number of rotatable bonds is 7. The van der Waals surface area contributed by atoms with Crippen LogP contribution in [0.25, 0.3) is 0 Å². The topological polar surface area (TPSA) is 95.7 Å². The molecule has 23 heavy (non-hydrogen) atoms. The van der Waals surface area contributed by atoms with E-state index in [9.17, 15) is 8.42 Å². The van der Waals surface area contributed by atoms with Crippen molar-refractivity contribution in [1.29, 1.82) is 0 Å². The van der Waals surface area contributed by atoms with Gasteiger partial charge in [0.2, 0.25) is 10.0 Å². The van der Waals surface area contributed by atoms with Gasteiger partial charge >= 0.3 is 0 Å². The van der Waals surface area contributed by atoms with Crippen LogP contribution < -0.4 is 15.4 Å². The van der Waals surface area contributed by atoms with Gasteiger partial charge in [-0.25, -0.2) is 13.1 Å². The Hall–Kier alpha value is -1.54. The van der Waals surface area contributed by atoms with Gasteiger partial charge in [0.15, 0.2) is 5.96 Å². The first-order chi connectivity index (χ1) is 10.5. The zero-order valence-electron chi connectivity index (χ0n) is 14.7. The van der Waals surface area contributed by atoms with Crippen LogP contribution in [0.5, 0.6) is 0 Å². The van der Waals surface area contributed by atoms with Gasteiger partial charge in [0.25, 0.3) is 0 Å². The molecule has 7 nitrogen and oxygen atoms in total. The summed E-state index contributed by atoms with van der Waals surface area (Å²) < 4.78 is 30.9. The Bertz CT molecular complexity index is 635. The molecule has 0 aliphatic rings. The molecule has 0 aliphatic heterocycles. The number of sulfonamides is 1. The van der Waals surface area contributed by atoms with E-state index in [-0.39, 0.29) is 6.04 Å². The predicted octanol–water partition coefficient (Wildman–Crippen LogP) is 1.53. The molecule has 0 aliphatic carbocycles. The highest BCUT2D eigenvalue weighted by atomic mass is 32.2. The van der Waals surface area contributed by atoms with Gasteiger partial charge in [0.05, 0.1) is 18.8 Å². The molecule has 1 atom stereocenters. The summed E-state index contributed by atoms with van der Waals surface area (Å²) in [7, 11) is -3.28. The highest BCUT2D eigenvalue weighted by molar-refractivity contribution is 7.88. The first-order valence-electron chi connectivity index (χ1n) is 7.62. The summed E-state index contributed by atoms with van der Waals surface area (Å²) in [5, 5.41) is 6.40. The normalized spacial score (nSPS) is 14.6.